The van der Waals surface area contributed by atoms with Crippen molar-refractivity contribution < 1.29 is 8.78 Å². The second kappa shape index (κ2) is 6.02. The molecule has 0 aliphatic heterocycles. The van der Waals surface area contributed by atoms with Crippen LogP contribution in [0.15, 0.2) is 34.8 Å². The Morgan fingerprint density at radius 2 is 1.70 bits per heavy atom. The van der Waals surface area contributed by atoms with E-state index in [1.54, 1.807) is 0 Å². The highest BCUT2D eigenvalue weighted by Gasteiger charge is 2.13. The number of halogens is 3. The van der Waals surface area contributed by atoms with E-state index >= 15 is 0 Å². The van der Waals surface area contributed by atoms with Gasteiger partial charge >= 0.3 is 0 Å². The fraction of sp³-hybridized carbons (Fsp3) is 0.250. The van der Waals surface area contributed by atoms with Gasteiger partial charge in [0.15, 0.2) is 0 Å². The molecule has 0 fully saturated rings. The molecule has 2 rings (SSSR count). The Morgan fingerprint density at radius 3 is 2.30 bits per heavy atom. The van der Waals surface area contributed by atoms with E-state index in [-0.39, 0.29) is 12.5 Å². The van der Waals surface area contributed by atoms with Crippen molar-refractivity contribution in [3.63, 3.8) is 0 Å². The fourth-order valence-electron chi connectivity index (χ4n) is 2.25. The number of hydrogen-bond acceptors (Lipinski definition) is 1. The van der Waals surface area contributed by atoms with Gasteiger partial charge in [0.25, 0.3) is 0 Å². The zero-order valence-corrected chi connectivity index (χ0v) is 13.0. The summed E-state index contributed by atoms with van der Waals surface area (Å²) in [5, 5.41) is 0. The average molecular weight is 340 g/mol. The maximum atomic E-state index is 13.6. The summed E-state index contributed by atoms with van der Waals surface area (Å²) in [4.78, 5) is 0. The molecule has 0 aliphatic carbocycles. The van der Waals surface area contributed by atoms with Crippen molar-refractivity contribution in [3.05, 3.63) is 68.7 Å². The van der Waals surface area contributed by atoms with Crippen LogP contribution in [-0.4, -0.2) is 0 Å². The van der Waals surface area contributed by atoms with E-state index in [9.17, 15) is 8.78 Å². The van der Waals surface area contributed by atoms with Gasteiger partial charge in [-0.05, 0) is 60.7 Å². The topological polar surface area (TPSA) is 26.0 Å². The summed E-state index contributed by atoms with van der Waals surface area (Å²) in [6, 6.07) is 7.02. The summed E-state index contributed by atoms with van der Waals surface area (Å²) in [5.74, 6) is -0.871. The van der Waals surface area contributed by atoms with Gasteiger partial charge in [0.05, 0.1) is 0 Å². The molecule has 0 spiro atoms. The van der Waals surface area contributed by atoms with E-state index in [1.807, 2.05) is 26.0 Å². The van der Waals surface area contributed by atoms with Crippen LogP contribution in [0.3, 0.4) is 0 Å². The highest BCUT2D eigenvalue weighted by molar-refractivity contribution is 9.10. The summed E-state index contributed by atoms with van der Waals surface area (Å²) in [7, 11) is 0. The number of nitrogens with two attached hydrogens (primary N) is 1. The standard InChI is InChI=1S/C16H16BrF2N/c1-9-5-12(6-10(2)16(9)17)15(20)8-11-7-13(18)3-4-14(11)19/h3-7,15H,8,20H2,1-2H3. The lowest BCUT2D eigenvalue weighted by molar-refractivity contribution is 0.572. The molecule has 0 heterocycles. The predicted molar refractivity (Wildman–Crippen MR) is 80.6 cm³/mol. The molecule has 0 saturated carbocycles. The summed E-state index contributed by atoms with van der Waals surface area (Å²) < 4.78 is 27.9. The molecule has 106 valence electrons. The molecule has 1 nitrogen and oxygen atoms in total. The van der Waals surface area contributed by atoms with Crippen molar-refractivity contribution in [2.45, 2.75) is 26.3 Å². The lowest BCUT2D eigenvalue weighted by Gasteiger charge is -2.15. The van der Waals surface area contributed by atoms with Gasteiger partial charge in [-0.3, -0.25) is 0 Å². The van der Waals surface area contributed by atoms with Gasteiger partial charge in [0, 0.05) is 10.5 Å². The summed E-state index contributed by atoms with van der Waals surface area (Å²) >= 11 is 3.50. The van der Waals surface area contributed by atoms with Crippen molar-refractivity contribution in [1.29, 1.82) is 0 Å². The van der Waals surface area contributed by atoms with Crippen molar-refractivity contribution in [1.82, 2.24) is 0 Å². The van der Waals surface area contributed by atoms with Gasteiger partial charge in [-0.2, -0.15) is 0 Å². The van der Waals surface area contributed by atoms with Crippen molar-refractivity contribution in [2.75, 3.05) is 0 Å². The third-order valence-electron chi connectivity index (χ3n) is 3.33. The van der Waals surface area contributed by atoms with Crippen molar-refractivity contribution >= 4 is 15.9 Å². The predicted octanol–water partition coefficient (Wildman–Crippen LogP) is 4.59. The molecule has 2 aromatic rings. The molecule has 0 aliphatic rings. The van der Waals surface area contributed by atoms with E-state index in [0.29, 0.717) is 5.56 Å². The summed E-state index contributed by atoms with van der Waals surface area (Å²) in [6.07, 6.45) is 0.268. The smallest absolute Gasteiger partial charge is 0.126 e. The molecule has 0 amide bonds. The number of aryl methyl sites for hydroxylation is 2. The van der Waals surface area contributed by atoms with Crippen LogP contribution in [0.1, 0.15) is 28.3 Å². The van der Waals surface area contributed by atoms with E-state index in [2.05, 4.69) is 15.9 Å². The van der Waals surface area contributed by atoms with E-state index in [1.165, 1.54) is 6.07 Å². The molecule has 0 radical (unpaired) electrons. The first-order valence-corrected chi connectivity index (χ1v) is 7.14. The highest BCUT2D eigenvalue weighted by atomic mass is 79.9. The minimum Gasteiger partial charge on any atom is -0.324 e. The minimum absolute atomic E-state index is 0.268. The van der Waals surface area contributed by atoms with Crippen molar-refractivity contribution in [3.8, 4) is 0 Å². The van der Waals surface area contributed by atoms with E-state index < -0.39 is 11.6 Å². The number of hydrogen-bond donors (Lipinski definition) is 1. The van der Waals surface area contributed by atoms with Crippen LogP contribution in [0.5, 0.6) is 0 Å². The molecule has 2 N–H and O–H groups in total. The Bertz CT molecular complexity index is 617. The molecule has 20 heavy (non-hydrogen) atoms. The normalized spacial score (nSPS) is 12.5. The molecular weight excluding hydrogens is 324 g/mol. The van der Waals surface area contributed by atoms with Crippen LogP contribution in [0.25, 0.3) is 0 Å². The van der Waals surface area contributed by atoms with Crippen LogP contribution in [0, 0.1) is 25.5 Å². The molecule has 0 bridgehead atoms. The quantitative estimate of drug-likeness (QED) is 0.869. The van der Waals surface area contributed by atoms with Gasteiger partial charge in [0.1, 0.15) is 11.6 Å². The van der Waals surface area contributed by atoms with Gasteiger partial charge in [-0.1, -0.05) is 28.1 Å². The highest BCUT2D eigenvalue weighted by Crippen LogP contribution is 2.26. The minimum atomic E-state index is -0.447. The Kier molecular flexibility index (Phi) is 4.55. The third kappa shape index (κ3) is 3.25. The Hall–Kier alpha value is -1.26. The van der Waals surface area contributed by atoms with Gasteiger partial charge in [-0.15, -0.1) is 0 Å². The first-order valence-electron chi connectivity index (χ1n) is 6.34. The first kappa shape index (κ1) is 15.1. The van der Waals surface area contributed by atoms with Crippen LogP contribution in [-0.2, 0) is 6.42 Å². The van der Waals surface area contributed by atoms with E-state index in [0.717, 1.165) is 33.3 Å². The molecular formula is C16H16BrF2N. The SMILES string of the molecule is Cc1cc(C(N)Cc2cc(F)ccc2F)cc(C)c1Br. The molecule has 4 heteroatoms. The molecule has 1 atom stereocenters. The second-order valence-corrected chi connectivity index (χ2v) is 5.81. The Morgan fingerprint density at radius 1 is 1.10 bits per heavy atom. The first-order chi connectivity index (χ1) is 9.38. The van der Waals surface area contributed by atoms with Gasteiger partial charge in [-0.25, -0.2) is 8.78 Å². The lowest BCUT2D eigenvalue weighted by atomic mass is 9.96. The van der Waals surface area contributed by atoms with Crippen LogP contribution in [0.4, 0.5) is 8.78 Å². The number of benzene rings is 2. The molecule has 0 saturated heterocycles. The third-order valence-corrected chi connectivity index (χ3v) is 4.59. The maximum absolute atomic E-state index is 13.6. The summed E-state index contributed by atoms with van der Waals surface area (Å²) in [6.45, 7) is 3.96. The maximum Gasteiger partial charge on any atom is 0.126 e. The second-order valence-electron chi connectivity index (χ2n) is 5.02. The van der Waals surface area contributed by atoms with Crippen LogP contribution < -0.4 is 5.73 Å². The molecule has 2 aromatic carbocycles. The Labute approximate surface area is 125 Å². The monoisotopic (exact) mass is 339 g/mol. The fourth-order valence-corrected chi connectivity index (χ4v) is 2.48. The van der Waals surface area contributed by atoms with Gasteiger partial charge < -0.3 is 5.73 Å². The number of rotatable bonds is 3. The van der Waals surface area contributed by atoms with Gasteiger partial charge in [0.2, 0.25) is 0 Å². The average Bonchev–Trinajstić information content (AvgIpc) is 2.39. The molecule has 0 aromatic heterocycles. The largest absolute Gasteiger partial charge is 0.324 e. The van der Waals surface area contributed by atoms with Crippen LogP contribution in [0.2, 0.25) is 0 Å². The zero-order chi connectivity index (χ0) is 14.9. The van der Waals surface area contributed by atoms with Crippen molar-refractivity contribution in [2.24, 2.45) is 5.73 Å². The molecule has 1 unspecified atom stereocenters. The summed E-state index contributed by atoms with van der Waals surface area (Å²) in [5.41, 5.74) is 9.51. The van der Waals surface area contributed by atoms with E-state index in [4.69, 9.17) is 5.73 Å². The zero-order valence-electron chi connectivity index (χ0n) is 11.4. The van der Waals surface area contributed by atoms with Crippen LogP contribution >= 0.6 is 15.9 Å². The lowest BCUT2D eigenvalue weighted by Crippen LogP contribution is -2.15. The Balaban J connectivity index is 2.28.